The van der Waals surface area contributed by atoms with Crippen LogP contribution in [0.1, 0.15) is 26.3 Å². The van der Waals surface area contributed by atoms with E-state index in [2.05, 4.69) is 15.0 Å². The van der Waals surface area contributed by atoms with Crippen molar-refractivity contribution >= 4 is 22.8 Å². The number of nitrogens with one attached hydrogen (secondary N) is 2. The monoisotopic (exact) mass is 308 g/mol. The van der Waals surface area contributed by atoms with Crippen LogP contribution >= 0.6 is 0 Å². The Labute approximate surface area is 130 Å². The third kappa shape index (κ3) is 1.76. The van der Waals surface area contributed by atoms with Crippen LogP contribution in [0.2, 0.25) is 0 Å². The van der Waals surface area contributed by atoms with Crippen molar-refractivity contribution in [3.8, 4) is 11.4 Å². The number of aryl methyl sites for hydroxylation is 1. The van der Waals surface area contributed by atoms with Gasteiger partial charge in [-0.3, -0.25) is 19.3 Å². The van der Waals surface area contributed by atoms with Gasteiger partial charge in [0.25, 0.3) is 17.4 Å². The molecule has 114 valence electrons. The molecule has 2 aromatic heterocycles. The summed E-state index contributed by atoms with van der Waals surface area (Å²) < 4.78 is 0. The zero-order chi connectivity index (χ0) is 16.3. The number of imide groups is 1. The Morgan fingerprint density at radius 1 is 1.09 bits per heavy atom. The van der Waals surface area contributed by atoms with E-state index in [1.807, 2.05) is 6.92 Å². The summed E-state index contributed by atoms with van der Waals surface area (Å²) in [6, 6.07) is 4.98. The maximum atomic E-state index is 12.1. The number of imidazole rings is 1. The van der Waals surface area contributed by atoms with Gasteiger partial charge in [0.1, 0.15) is 5.82 Å². The van der Waals surface area contributed by atoms with Crippen molar-refractivity contribution < 1.29 is 9.59 Å². The highest BCUT2D eigenvalue weighted by Gasteiger charge is 2.33. The van der Waals surface area contributed by atoms with Crippen molar-refractivity contribution in [1.82, 2.24) is 19.9 Å². The molecule has 4 rings (SSSR count). The second-order valence-corrected chi connectivity index (χ2v) is 5.53. The van der Waals surface area contributed by atoms with Crippen molar-refractivity contribution in [1.29, 1.82) is 0 Å². The molecule has 2 amide bonds. The van der Waals surface area contributed by atoms with Gasteiger partial charge in [-0.2, -0.15) is 0 Å². The van der Waals surface area contributed by atoms with E-state index in [0.29, 0.717) is 33.5 Å². The predicted molar refractivity (Wildman–Crippen MR) is 83.3 cm³/mol. The van der Waals surface area contributed by atoms with Crippen LogP contribution in [0.25, 0.3) is 22.4 Å². The summed E-state index contributed by atoms with van der Waals surface area (Å²) in [6.45, 7) is 1.82. The predicted octanol–water partition coefficient (Wildman–Crippen LogP) is 1.45. The van der Waals surface area contributed by atoms with Crippen LogP contribution in [0, 0.1) is 6.92 Å². The van der Waals surface area contributed by atoms with E-state index in [9.17, 15) is 14.4 Å². The summed E-state index contributed by atoms with van der Waals surface area (Å²) in [5, 5.41) is 0. The van der Waals surface area contributed by atoms with Gasteiger partial charge in [-0.1, -0.05) is 0 Å². The highest BCUT2D eigenvalue weighted by atomic mass is 16.2. The second kappa shape index (κ2) is 4.39. The molecular formula is C16H12N4O3. The Kier molecular flexibility index (Phi) is 2.57. The Morgan fingerprint density at radius 2 is 1.78 bits per heavy atom. The van der Waals surface area contributed by atoms with Gasteiger partial charge < -0.3 is 9.97 Å². The smallest absolute Gasteiger partial charge is 0.261 e. The van der Waals surface area contributed by atoms with Crippen LogP contribution in [0.3, 0.4) is 0 Å². The molecule has 7 heteroatoms. The summed E-state index contributed by atoms with van der Waals surface area (Å²) >= 11 is 0. The topological polar surface area (TPSA) is 98.9 Å². The number of amides is 2. The Morgan fingerprint density at radius 3 is 2.48 bits per heavy atom. The maximum absolute atomic E-state index is 12.1. The molecule has 0 bridgehead atoms. The van der Waals surface area contributed by atoms with Gasteiger partial charge >= 0.3 is 0 Å². The van der Waals surface area contributed by atoms with Gasteiger partial charge in [0.05, 0.1) is 27.7 Å². The molecule has 3 aromatic rings. The number of aromatic amines is 2. The molecule has 0 aliphatic carbocycles. The molecule has 0 radical (unpaired) electrons. The Hall–Kier alpha value is -3.22. The van der Waals surface area contributed by atoms with Gasteiger partial charge in [0.15, 0.2) is 0 Å². The SMILES string of the molecule is Cc1cc[nH]c(=O)c1-c1nc2cc3c(cc2[nH]1)C(=O)N(C)C3=O. The fourth-order valence-electron chi connectivity index (χ4n) is 2.85. The number of hydrogen-bond donors (Lipinski definition) is 2. The number of carbonyl (C=O) groups excluding carboxylic acids is 2. The first-order valence-corrected chi connectivity index (χ1v) is 7.02. The first kappa shape index (κ1) is 13.4. The standard InChI is InChI=1S/C16H12N4O3/c1-7-3-4-17-14(21)12(7)13-18-10-5-8-9(6-11(10)19-13)16(23)20(2)15(8)22/h3-6H,1-2H3,(H,17,21)(H,18,19). The van der Waals surface area contributed by atoms with E-state index < -0.39 is 0 Å². The minimum atomic E-state index is -0.342. The molecule has 0 atom stereocenters. The Bertz CT molecular complexity index is 1010. The molecule has 0 saturated carbocycles. The minimum Gasteiger partial charge on any atom is -0.338 e. The van der Waals surface area contributed by atoms with Gasteiger partial charge in [-0.25, -0.2) is 4.98 Å². The quantitative estimate of drug-likeness (QED) is 0.665. The van der Waals surface area contributed by atoms with Crippen molar-refractivity contribution in [2.75, 3.05) is 7.05 Å². The molecule has 0 fully saturated rings. The molecule has 0 saturated heterocycles. The van der Waals surface area contributed by atoms with Gasteiger partial charge in [0, 0.05) is 13.2 Å². The van der Waals surface area contributed by atoms with E-state index in [0.717, 1.165) is 10.5 Å². The number of H-pyrrole nitrogens is 2. The highest BCUT2D eigenvalue weighted by Crippen LogP contribution is 2.28. The highest BCUT2D eigenvalue weighted by molar-refractivity contribution is 6.22. The molecule has 7 nitrogen and oxygen atoms in total. The lowest BCUT2D eigenvalue weighted by Gasteiger charge is -2.02. The minimum absolute atomic E-state index is 0.247. The molecule has 0 spiro atoms. The lowest BCUT2D eigenvalue weighted by Crippen LogP contribution is -2.24. The lowest BCUT2D eigenvalue weighted by molar-refractivity contribution is 0.0693. The molecule has 0 unspecified atom stereocenters. The van der Waals surface area contributed by atoms with E-state index in [4.69, 9.17) is 0 Å². The average molecular weight is 308 g/mol. The van der Waals surface area contributed by atoms with Crippen LogP contribution in [0.5, 0.6) is 0 Å². The van der Waals surface area contributed by atoms with Gasteiger partial charge in [-0.05, 0) is 30.7 Å². The summed E-state index contributed by atoms with van der Waals surface area (Å²) in [5.41, 5.74) is 2.81. The summed E-state index contributed by atoms with van der Waals surface area (Å²) in [5.74, 6) is -0.266. The summed E-state index contributed by atoms with van der Waals surface area (Å²) in [6.07, 6.45) is 1.57. The number of benzene rings is 1. The van der Waals surface area contributed by atoms with E-state index >= 15 is 0 Å². The summed E-state index contributed by atoms with van der Waals surface area (Å²) in [7, 11) is 1.45. The van der Waals surface area contributed by atoms with Crippen LogP contribution < -0.4 is 5.56 Å². The number of rotatable bonds is 1. The normalized spacial score (nSPS) is 13.9. The number of nitrogens with zero attached hydrogens (tertiary/aromatic N) is 2. The first-order valence-electron chi connectivity index (χ1n) is 7.02. The van der Waals surface area contributed by atoms with Crippen LogP contribution in [0.4, 0.5) is 0 Å². The van der Waals surface area contributed by atoms with Crippen molar-refractivity contribution in [3.05, 3.63) is 51.4 Å². The second-order valence-electron chi connectivity index (χ2n) is 5.53. The first-order chi connectivity index (χ1) is 11.0. The average Bonchev–Trinajstić information content (AvgIpc) is 3.01. The lowest BCUT2D eigenvalue weighted by atomic mass is 10.1. The number of fused-ring (bicyclic) bond motifs is 2. The molecular weight excluding hydrogens is 296 g/mol. The van der Waals surface area contributed by atoms with Crippen molar-refractivity contribution in [2.45, 2.75) is 6.92 Å². The zero-order valence-electron chi connectivity index (χ0n) is 12.4. The molecule has 1 aliphatic heterocycles. The van der Waals surface area contributed by atoms with E-state index in [-0.39, 0.29) is 17.4 Å². The number of aromatic nitrogens is 3. The Balaban J connectivity index is 1.97. The largest absolute Gasteiger partial charge is 0.338 e. The van der Waals surface area contributed by atoms with Crippen LogP contribution in [-0.4, -0.2) is 38.7 Å². The number of carbonyl (C=O) groups is 2. The summed E-state index contributed by atoms with van der Waals surface area (Å²) in [4.78, 5) is 47.3. The fourth-order valence-corrected chi connectivity index (χ4v) is 2.85. The molecule has 2 N–H and O–H groups in total. The third-order valence-corrected chi connectivity index (χ3v) is 4.10. The number of hydrogen-bond acceptors (Lipinski definition) is 4. The molecule has 1 aromatic carbocycles. The zero-order valence-corrected chi connectivity index (χ0v) is 12.4. The van der Waals surface area contributed by atoms with Crippen molar-refractivity contribution in [3.63, 3.8) is 0 Å². The van der Waals surface area contributed by atoms with E-state index in [1.165, 1.54) is 7.05 Å². The molecule has 23 heavy (non-hydrogen) atoms. The van der Waals surface area contributed by atoms with Crippen molar-refractivity contribution in [2.24, 2.45) is 0 Å². The number of pyridine rings is 1. The van der Waals surface area contributed by atoms with Crippen LogP contribution in [0.15, 0.2) is 29.2 Å². The maximum Gasteiger partial charge on any atom is 0.261 e. The van der Waals surface area contributed by atoms with Crippen LogP contribution in [-0.2, 0) is 0 Å². The fraction of sp³-hybridized carbons (Fsp3) is 0.125. The molecule has 1 aliphatic rings. The van der Waals surface area contributed by atoms with Gasteiger partial charge in [0.2, 0.25) is 0 Å². The molecule has 3 heterocycles. The van der Waals surface area contributed by atoms with Gasteiger partial charge in [-0.15, -0.1) is 0 Å². The van der Waals surface area contributed by atoms with E-state index in [1.54, 1.807) is 24.4 Å². The third-order valence-electron chi connectivity index (χ3n) is 4.10.